The molecule has 0 atom stereocenters. The second kappa shape index (κ2) is 9.30. The predicted octanol–water partition coefficient (Wildman–Crippen LogP) is 7.07. The minimum absolute atomic E-state index is 0.0150. The fraction of sp³-hybridized carbons (Fsp3) is 0.520. The summed E-state index contributed by atoms with van der Waals surface area (Å²) in [6.07, 6.45) is 5.71. The van der Waals surface area contributed by atoms with Gasteiger partial charge in [0.05, 0.1) is 0 Å². The maximum absolute atomic E-state index is 10.8. The van der Waals surface area contributed by atoms with Crippen molar-refractivity contribution in [1.29, 1.82) is 0 Å². The second-order valence-corrected chi connectivity index (χ2v) is 8.62. The normalized spacial score (nSPS) is 11.6. The second-order valence-electron chi connectivity index (χ2n) is 8.62. The van der Waals surface area contributed by atoms with Crippen molar-refractivity contribution in [2.24, 2.45) is 5.92 Å². The van der Waals surface area contributed by atoms with E-state index < -0.39 is 0 Å². The quantitative estimate of drug-likeness (QED) is 0.489. The van der Waals surface area contributed by atoms with E-state index in [1.807, 2.05) is 26.0 Å². The minimum Gasteiger partial charge on any atom is -0.507 e. The third kappa shape index (κ3) is 5.51. The highest BCUT2D eigenvalue weighted by atomic mass is 16.3. The van der Waals surface area contributed by atoms with Gasteiger partial charge in [0.2, 0.25) is 0 Å². The van der Waals surface area contributed by atoms with Crippen molar-refractivity contribution >= 4 is 0 Å². The van der Waals surface area contributed by atoms with Crippen LogP contribution in [0.25, 0.3) is 0 Å². The Bertz CT molecular complexity index is 717. The van der Waals surface area contributed by atoms with Gasteiger partial charge in [0.25, 0.3) is 0 Å². The van der Waals surface area contributed by atoms with E-state index in [2.05, 4.69) is 39.8 Å². The summed E-state index contributed by atoms with van der Waals surface area (Å²) < 4.78 is 0. The van der Waals surface area contributed by atoms with Crippen LogP contribution in [0.3, 0.4) is 0 Å². The summed E-state index contributed by atoms with van der Waals surface area (Å²) in [4.78, 5) is 0. The average Bonchev–Trinajstić information content (AvgIpc) is 2.58. The first kappa shape index (κ1) is 21.3. The van der Waals surface area contributed by atoms with Crippen LogP contribution in [0, 0.1) is 33.6 Å². The number of rotatable bonds is 8. The van der Waals surface area contributed by atoms with Crippen molar-refractivity contribution in [1.82, 2.24) is 0 Å². The molecular formula is C25H36O2. The molecule has 0 amide bonds. The van der Waals surface area contributed by atoms with E-state index in [0.717, 1.165) is 52.1 Å². The molecule has 2 aromatic carbocycles. The van der Waals surface area contributed by atoms with E-state index in [-0.39, 0.29) is 5.92 Å². The molecule has 148 valence electrons. The summed E-state index contributed by atoms with van der Waals surface area (Å²) in [5.74, 6) is 1.49. The number of phenolic OH excluding ortho intramolecular Hbond substituents is 2. The first-order chi connectivity index (χ1) is 12.7. The Morgan fingerprint density at radius 3 is 1.56 bits per heavy atom. The van der Waals surface area contributed by atoms with Crippen molar-refractivity contribution in [2.75, 3.05) is 0 Å². The molecule has 27 heavy (non-hydrogen) atoms. The molecule has 0 aliphatic heterocycles. The lowest BCUT2D eigenvalue weighted by Crippen LogP contribution is -2.05. The number of phenols is 2. The molecule has 0 fully saturated rings. The van der Waals surface area contributed by atoms with Gasteiger partial charge in [0.1, 0.15) is 11.5 Å². The van der Waals surface area contributed by atoms with Crippen LogP contribution in [0.2, 0.25) is 0 Å². The fourth-order valence-corrected chi connectivity index (χ4v) is 4.07. The molecule has 0 unspecified atom stereocenters. The predicted molar refractivity (Wildman–Crippen MR) is 115 cm³/mol. The molecule has 0 spiro atoms. The minimum atomic E-state index is 0.0150. The van der Waals surface area contributed by atoms with Gasteiger partial charge in [-0.15, -0.1) is 0 Å². The number of aromatic hydroxyl groups is 2. The van der Waals surface area contributed by atoms with Crippen LogP contribution in [0.5, 0.6) is 11.5 Å². The van der Waals surface area contributed by atoms with Crippen LogP contribution in [0.4, 0.5) is 0 Å². The molecule has 2 nitrogen and oxygen atoms in total. The van der Waals surface area contributed by atoms with Gasteiger partial charge in [-0.1, -0.05) is 74.9 Å². The zero-order chi connectivity index (χ0) is 20.1. The van der Waals surface area contributed by atoms with Gasteiger partial charge in [-0.25, -0.2) is 0 Å². The van der Waals surface area contributed by atoms with Crippen LogP contribution in [0.1, 0.15) is 85.3 Å². The lowest BCUT2D eigenvalue weighted by Gasteiger charge is -2.23. The molecule has 0 aliphatic rings. The van der Waals surface area contributed by atoms with Crippen LogP contribution >= 0.6 is 0 Å². The first-order valence-electron chi connectivity index (χ1n) is 10.3. The van der Waals surface area contributed by atoms with E-state index in [9.17, 15) is 10.2 Å². The van der Waals surface area contributed by atoms with Gasteiger partial charge < -0.3 is 10.2 Å². The topological polar surface area (TPSA) is 40.5 Å². The van der Waals surface area contributed by atoms with E-state index in [1.54, 1.807) is 0 Å². The molecule has 0 bridgehead atoms. The third-order valence-corrected chi connectivity index (χ3v) is 5.47. The monoisotopic (exact) mass is 368 g/mol. The summed E-state index contributed by atoms with van der Waals surface area (Å²) in [5.41, 5.74) is 5.98. The average molecular weight is 369 g/mol. The van der Waals surface area contributed by atoms with E-state index in [4.69, 9.17) is 0 Å². The molecule has 2 rings (SSSR count). The van der Waals surface area contributed by atoms with Gasteiger partial charge in [-0.2, -0.15) is 0 Å². The number of benzene rings is 2. The van der Waals surface area contributed by atoms with Crippen molar-refractivity contribution < 1.29 is 10.2 Å². The maximum atomic E-state index is 10.8. The summed E-state index contributed by atoms with van der Waals surface area (Å²) in [5, 5.41) is 21.6. The molecule has 0 aliphatic carbocycles. The van der Waals surface area contributed by atoms with Crippen LogP contribution in [0.15, 0.2) is 24.3 Å². The van der Waals surface area contributed by atoms with Gasteiger partial charge in [-0.3, -0.25) is 0 Å². The fourth-order valence-electron chi connectivity index (χ4n) is 4.07. The van der Waals surface area contributed by atoms with Crippen LogP contribution in [-0.2, 0) is 0 Å². The Hall–Kier alpha value is -1.96. The van der Waals surface area contributed by atoms with Gasteiger partial charge in [-0.05, 0) is 51.2 Å². The summed E-state index contributed by atoms with van der Waals surface area (Å²) >= 11 is 0. The smallest absolute Gasteiger partial charge is 0.122 e. The van der Waals surface area contributed by atoms with Gasteiger partial charge in [0.15, 0.2) is 0 Å². The molecular weight excluding hydrogens is 332 g/mol. The lowest BCUT2D eigenvalue weighted by molar-refractivity contribution is 0.441. The lowest BCUT2D eigenvalue weighted by atomic mass is 9.82. The zero-order valence-electron chi connectivity index (χ0n) is 17.9. The number of unbranched alkanes of at least 4 members (excludes halogenated alkanes) is 2. The Morgan fingerprint density at radius 2 is 1.11 bits per heavy atom. The van der Waals surface area contributed by atoms with Crippen molar-refractivity contribution in [3.05, 3.63) is 57.6 Å². The molecule has 0 saturated heterocycles. The van der Waals surface area contributed by atoms with Crippen molar-refractivity contribution in [3.8, 4) is 11.5 Å². The molecule has 0 saturated carbocycles. The molecule has 2 N–H and O–H groups in total. The Balaban J connectivity index is 2.38. The standard InChI is InChI=1S/C25H36O2/c1-16(2)10-8-7-9-11-21(22-14-17(3)12-19(5)24(22)26)23-15-18(4)13-20(6)25(23)27/h12-16,21,26-27H,7-11H2,1-6H3. The Labute approximate surface area is 165 Å². The SMILES string of the molecule is Cc1cc(C)c(O)c(C(CCCCCC(C)C)c2cc(C)cc(C)c2O)c1. The largest absolute Gasteiger partial charge is 0.507 e. The van der Waals surface area contributed by atoms with E-state index in [1.165, 1.54) is 19.3 Å². The summed E-state index contributed by atoms with van der Waals surface area (Å²) in [7, 11) is 0. The highest BCUT2D eigenvalue weighted by Gasteiger charge is 2.23. The number of hydrogen-bond donors (Lipinski definition) is 2. The van der Waals surface area contributed by atoms with Crippen LogP contribution < -0.4 is 0 Å². The summed E-state index contributed by atoms with van der Waals surface area (Å²) in [6.45, 7) is 12.6. The van der Waals surface area contributed by atoms with Gasteiger partial charge in [0, 0.05) is 17.0 Å². The summed E-state index contributed by atoms with van der Waals surface area (Å²) in [6, 6.07) is 8.19. The molecule has 2 aromatic rings. The van der Waals surface area contributed by atoms with Crippen molar-refractivity contribution in [2.45, 2.75) is 79.6 Å². The Kier molecular flexibility index (Phi) is 7.35. The highest BCUT2D eigenvalue weighted by molar-refractivity contribution is 5.53. The molecule has 0 heterocycles. The first-order valence-corrected chi connectivity index (χ1v) is 10.3. The number of aryl methyl sites for hydroxylation is 4. The zero-order valence-corrected chi connectivity index (χ0v) is 17.9. The van der Waals surface area contributed by atoms with E-state index >= 15 is 0 Å². The van der Waals surface area contributed by atoms with E-state index in [0.29, 0.717) is 11.5 Å². The maximum Gasteiger partial charge on any atom is 0.122 e. The van der Waals surface area contributed by atoms with Crippen LogP contribution in [-0.4, -0.2) is 10.2 Å². The Morgan fingerprint density at radius 1 is 0.667 bits per heavy atom. The van der Waals surface area contributed by atoms with Gasteiger partial charge >= 0.3 is 0 Å². The third-order valence-electron chi connectivity index (χ3n) is 5.47. The molecule has 2 heteroatoms. The van der Waals surface area contributed by atoms with Crippen molar-refractivity contribution in [3.63, 3.8) is 0 Å². The molecule has 0 radical (unpaired) electrons. The number of hydrogen-bond acceptors (Lipinski definition) is 2. The highest BCUT2D eigenvalue weighted by Crippen LogP contribution is 2.42. The molecule has 0 aromatic heterocycles.